The lowest BCUT2D eigenvalue weighted by atomic mass is 10.1. The Hall–Kier alpha value is -2.42. The monoisotopic (exact) mass is 592 g/mol. The van der Waals surface area contributed by atoms with Crippen molar-refractivity contribution in [3.05, 3.63) is 45.0 Å². The lowest BCUT2D eigenvalue weighted by Crippen LogP contribution is -2.44. The molecule has 2 aliphatic rings. The highest BCUT2D eigenvalue weighted by molar-refractivity contribution is 7.89. The van der Waals surface area contributed by atoms with Gasteiger partial charge >= 0.3 is 0 Å². The van der Waals surface area contributed by atoms with Gasteiger partial charge in [-0.3, -0.25) is 24.4 Å². The molecule has 228 valence electrons. The van der Waals surface area contributed by atoms with E-state index in [4.69, 9.17) is 9.47 Å². The van der Waals surface area contributed by atoms with Gasteiger partial charge in [0.05, 0.1) is 32.2 Å². The molecule has 0 atom stereocenters. The number of pyridine rings is 1. The zero-order chi connectivity index (χ0) is 28.9. The summed E-state index contributed by atoms with van der Waals surface area (Å²) in [4.78, 5) is 32.5. The van der Waals surface area contributed by atoms with Crippen LogP contribution < -0.4 is 21.5 Å². The summed E-state index contributed by atoms with van der Waals surface area (Å²) in [5.41, 5.74) is 0.230. The Balaban J connectivity index is 1.17. The molecule has 0 saturated carbocycles. The Bertz CT molecular complexity index is 1220. The molecule has 0 spiro atoms. The number of nitrogens with zero attached hydrogens (tertiary/aromatic N) is 4. The summed E-state index contributed by atoms with van der Waals surface area (Å²) in [7, 11) is -3.36. The van der Waals surface area contributed by atoms with Crippen LogP contribution in [0.3, 0.4) is 0 Å². The first-order chi connectivity index (χ1) is 19.9. The van der Waals surface area contributed by atoms with Crippen molar-refractivity contribution in [3.63, 3.8) is 0 Å². The SMILES string of the molecule is O=c1c(NCCCCCCS(=O)(=O)N(CCCN2CCOCC2)CCN2CCOCC2)c(Nc2ccncc2)c1=O. The third-order valence-corrected chi connectivity index (χ3v) is 9.60. The van der Waals surface area contributed by atoms with E-state index in [9.17, 15) is 18.0 Å². The Morgan fingerprint density at radius 1 is 0.780 bits per heavy atom. The Labute approximate surface area is 242 Å². The number of unbranched alkanes of at least 4 members (excludes halogenated alkanes) is 3. The third kappa shape index (κ3) is 9.83. The van der Waals surface area contributed by atoms with Gasteiger partial charge in [0.15, 0.2) is 0 Å². The van der Waals surface area contributed by atoms with Crippen LogP contribution in [0.5, 0.6) is 0 Å². The van der Waals surface area contributed by atoms with E-state index < -0.39 is 20.9 Å². The van der Waals surface area contributed by atoms with Gasteiger partial charge in [0, 0.05) is 70.4 Å². The van der Waals surface area contributed by atoms with Crippen LogP contribution in [0.25, 0.3) is 0 Å². The summed E-state index contributed by atoms with van der Waals surface area (Å²) in [6, 6.07) is 3.45. The zero-order valence-corrected chi connectivity index (χ0v) is 24.7. The van der Waals surface area contributed by atoms with Gasteiger partial charge in [0.25, 0.3) is 10.9 Å². The summed E-state index contributed by atoms with van der Waals surface area (Å²) < 4.78 is 39.2. The molecular weight excluding hydrogens is 548 g/mol. The van der Waals surface area contributed by atoms with Crippen LogP contribution >= 0.6 is 0 Å². The van der Waals surface area contributed by atoms with Crippen LogP contribution in [0.4, 0.5) is 17.1 Å². The maximum atomic E-state index is 13.3. The van der Waals surface area contributed by atoms with E-state index in [1.807, 2.05) is 0 Å². The summed E-state index contributed by atoms with van der Waals surface area (Å²) in [6.45, 7) is 9.54. The van der Waals surface area contributed by atoms with Crippen LogP contribution in [0.15, 0.2) is 34.1 Å². The molecule has 2 N–H and O–H groups in total. The summed E-state index contributed by atoms with van der Waals surface area (Å²) in [6.07, 6.45) is 6.99. The van der Waals surface area contributed by atoms with Crippen LogP contribution in [0.2, 0.25) is 0 Å². The topological polar surface area (TPSA) is 133 Å². The minimum Gasteiger partial charge on any atom is -0.380 e. The molecule has 0 aliphatic carbocycles. The predicted molar refractivity (Wildman–Crippen MR) is 160 cm³/mol. The first-order valence-electron chi connectivity index (χ1n) is 14.8. The number of anilines is 3. The van der Waals surface area contributed by atoms with E-state index in [-0.39, 0.29) is 11.4 Å². The molecule has 13 heteroatoms. The van der Waals surface area contributed by atoms with E-state index in [1.54, 1.807) is 28.8 Å². The van der Waals surface area contributed by atoms with E-state index in [1.165, 1.54) is 0 Å². The van der Waals surface area contributed by atoms with Gasteiger partial charge in [0.1, 0.15) is 11.4 Å². The molecule has 2 saturated heterocycles. The molecule has 1 aromatic heterocycles. The second-order valence-electron chi connectivity index (χ2n) is 10.6. The lowest BCUT2D eigenvalue weighted by Gasteiger charge is -2.31. The molecule has 0 amide bonds. The second kappa shape index (κ2) is 16.3. The largest absolute Gasteiger partial charge is 0.380 e. The number of hydrogen-bond donors (Lipinski definition) is 2. The Morgan fingerprint density at radius 3 is 2.07 bits per heavy atom. The number of rotatable bonds is 18. The molecule has 0 unspecified atom stereocenters. The lowest BCUT2D eigenvalue weighted by molar-refractivity contribution is 0.0339. The normalized spacial score (nSPS) is 17.3. The van der Waals surface area contributed by atoms with Crippen LogP contribution in [0.1, 0.15) is 32.1 Å². The van der Waals surface area contributed by atoms with Crippen molar-refractivity contribution in [2.24, 2.45) is 0 Å². The highest BCUT2D eigenvalue weighted by Crippen LogP contribution is 2.20. The maximum absolute atomic E-state index is 13.3. The van der Waals surface area contributed by atoms with Gasteiger partial charge in [0.2, 0.25) is 10.0 Å². The van der Waals surface area contributed by atoms with Gasteiger partial charge in [-0.25, -0.2) is 12.7 Å². The number of hydrogen-bond acceptors (Lipinski definition) is 11. The third-order valence-electron chi connectivity index (χ3n) is 7.64. The van der Waals surface area contributed by atoms with Crippen molar-refractivity contribution >= 4 is 27.1 Å². The molecule has 1 aromatic carbocycles. The number of nitrogens with one attached hydrogen (secondary N) is 2. The number of morpholine rings is 2. The maximum Gasteiger partial charge on any atom is 0.253 e. The minimum absolute atomic E-state index is 0.138. The molecular formula is C28H44N6O6S. The fourth-order valence-electron chi connectivity index (χ4n) is 5.13. The first kappa shape index (κ1) is 31.5. The van der Waals surface area contributed by atoms with Crippen LogP contribution in [-0.4, -0.2) is 119 Å². The quantitative estimate of drug-likeness (QED) is 0.190. The van der Waals surface area contributed by atoms with Crippen molar-refractivity contribution in [3.8, 4) is 0 Å². The fourth-order valence-corrected chi connectivity index (χ4v) is 6.72. The molecule has 12 nitrogen and oxygen atoms in total. The van der Waals surface area contributed by atoms with Gasteiger partial charge in [-0.15, -0.1) is 0 Å². The van der Waals surface area contributed by atoms with Crippen molar-refractivity contribution in [1.29, 1.82) is 0 Å². The predicted octanol–water partition coefficient (Wildman–Crippen LogP) is 1.08. The van der Waals surface area contributed by atoms with Crippen LogP contribution in [0, 0.1) is 0 Å². The zero-order valence-electron chi connectivity index (χ0n) is 23.9. The highest BCUT2D eigenvalue weighted by atomic mass is 32.2. The van der Waals surface area contributed by atoms with E-state index in [0.29, 0.717) is 50.6 Å². The second-order valence-corrected chi connectivity index (χ2v) is 12.7. The molecule has 41 heavy (non-hydrogen) atoms. The molecule has 4 rings (SSSR count). The Kier molecular flexibility index (Phi) is 12.5. The molecule has 2 aromatic rings. The molecule has 0 bridgehead atoms. The van der Waals surface area contributed by atoms with Crippen molar-refractivity contribution < 1.29 is 17.9 Å². The van der Waals surface area contributed by atoms with Gasteiger partial charge in [-0.1, -0.05) is 12.8 Å². The Morgan fingerprint density at radius 2 is 1.39 bits per heavy atom. The van der Waals surface area contributed by atoms with Crippen molar-refractivity contribution in [1.82, 2.24) is 19.1 Å². The van der Waals surface area contributed by atoms with Crippen LogP contribution in [-0.2, 0) is 19.5 Å². The van der Waals surface area contributed by atoms with Crippen molar-refractivity contribution in [2.75, 3.05) is 102 Å². The van der Waals surface area contributed by atoms with Gasteiger partial charge in [-0.2, -0.15) is 0 Å². The minimum atomic E-state index is -3.36. The highest BCUT2D eigenvalue weighted by Gasteiger charge is 2.24. The average Bonchev–Trinajstić information content (AvgIpc) is 3.00. The average molecular weight is 593 g/mol. The van der Waals surface area contributed by atoms with Crippen molar-refractivity contribution in [2.45, 2.75) is 32.1 Å². The number of sulfonamides is 1. The smallest absolute Gasteiger partial charge is 0.253 e. The van der Waals surface area contributed by atoms with E-state index in [2.05, 4.69) is 25.4 Å². The summed E-state index contributed by atoms with van der Waals surface area (Å²) >= 11 is 0. The standard InChI is InChI=1S/C28H44N6O6S/c35-27-25(26(28(27)36)31-24-6-9-29-10-7-24)30-8-3-1-2-4-23-41(37,38)34(14-13-33-17-21-40-22-18-33)12-5-11-32-15-19-39-20-16-32/h6-7,9-10,30H,1-5,8,11-23H2,(H,29,31). The molecule has 2 aliphatic heterocycles. The van der Waals surface area contributed by atoms with E-state index >= 15 is 0 Å². The summed E-state index contributed by atoms with van der Waals surface area (Å²) in [5, 5.41) is 6.05. The first-order valence-corrected chi connectivity index (χ1v) is 16.4. The van der Waals surface area contributed by atoms with E-state index in [0.717, 1.165) is 78.2 Å². The molecule has 2 fully saturated rings. The number of ether oxygens (including phenoxy) is 2. The summed E-state index contributed by atoms with van der Waals surface area (Å²) in [5.74, 6) is 0.138. The van der Waals surface area contributed by atoms with Gasteiger partial charge < -0.3 is 20.1 Å². The van der Waals surface area contributed by atoms with Gasteiger partial charge in [-0.05, 0) is 37.9 Å². The fraction of sp³-hybridized carbons (Fsp3) is 0.679. The molecule has 0 radical (unpaired) electrons. The molecule has 3 heterocycles. The number of aromatic nitrogens is 1.